The minimum absolute atomic E-state index is 0.0541. The molecule has 0 spiro atoms. The lowest BCUT2D eigenvalue weighted by atomic mass is 9.93. The van der Waals surface area contributed by atoms with Gasteiger partial charge in [0, 0.05) is 17.2 Å². The maximum absolute atomic E-state index is 14.3. The minimum atomic E-state index is -0.0541. The van der Waals surface area contributed by atoms with Gasteiger partial charge in [0.2, 0.25) is 5.69 Å². The molecule has 132 valence electrons. The molecule has 4 rings (SSSR count). The number of rotatable bonds is 3. The molecule has 1 aliphatic rings. The highest BCUT2D eigenvalue weighted by Crippen LogP contribution is 2.37. The highest BCUT2D eigenvalue weighted by Gasteiger charge is 2.21. The summed E-state index contributed by atoms with van der Waals surface area (Å²) in [6.07, 6.45) is 6.80. The maximum Gasteiger partial charge on any atom is 0.212 e. The maximum atomic E-state index is 14.3. The number of hydrogen-bond acceptors (Lipinski definition) is 0. The second kappa shape index (κ2) is 7.03. The van der Waals surface area contributed by atoms with Gasteiger partial charge in [-0.25, -0.2) is 8.96 Å². The summed E-state index contributed by atoms with van der Waals surface area (Å²) in [5.41, 5.74) is 6.81. The largest absolute Gasteiger partial charge is 0.212 e. The van der Waals surface area contributed by atoms with Crippen LogP contribution < -0.4 is 4.57 Å². The average molecular weight is 346 g/mol. The zero-order valence-corrected chi connectivity index (χ0v) is 15.5. The molecule has 0 radical (unpaired) electrons. The lowest BCUT2D eigenvalue weighted by Gasteiger charge is -2.13. The summed E-state index contributed by atoms with van der Waals surface area (Å²) < 4.78 is 16.5. The van der Waals surface area contributed by atoms with Gasteiger partial charge in [0.1, 0.15) is 12.9 Å². The van der Waals surface area contributed by atoms with E-state index in [4.69, 9.17) is 0 Å². The predicted molar refractivity (Wildman–Crippen MR) is 104 cm³/mol. The molecule has 0 N–H and O–H groups in total. The Morgan fingerprint density at radius 3 is 2.38 bits per heavy atom. The molecule has 2 aromatic carbocycles. The molecular weight excluding hydrogens is 321 g/mol. The van der Waals surface area contributed by atoms with Crippen LogP contribution in [0.4, 0.5) is 4.39 Å². The van der Waals surface area contributed by atoms with Gasteiger partial charge in [-0.15, -0.1) is 0 Å². The number of aromatic nitrogens is 1. The van der Waals surface area contributed by atoms with Crippen LogP contribution >= 0.6 is 0 Å². The fraction of sp³-hybridized carbons (Fsp3) is 0.292. The highest BCUT2D eigenvalue weighted by molar-refractivity contribution is 5.66. The van der Waals surface area contributed by atoms with Crippen molar-refractivity contribution in [3.63, 3.8) is 0 Å². The van der Waals surface area contributed by atoms with Gasteiger partial charge in [-0.1, -0.05) is 37.1 Å². The van der Waals surface area contributed by atoms with Crippen molar-refractivity contribution in [3.8, 4) is 22.4 Å². The molecule has 1 fully saturated rings. The lowest BCUT2D eigenvalue weighted by Crippen LogP contribution is -2.30. The van der Waals surface area contributed by atoms with Crippen LogP contribution in [0.3, 0.4) is 0 Å². The van der Waals surface area contributed by atoms with E-state index in [2.05, 4.69) is 67.2 Å². The summed E-state index contributed by atoms with van der Waals surface area (Å²) in [4.78, 5) is 0. The van der Waals surface area contributed by atoms with Gasteiger partial charge in [-0.3, -0.25) is 0 Å². The number of aryl methyl sites for hydroxylation is 2. The van der Waals surface area contributed by atoms with Crippen molar-refractivity contribution < 1.29 is 8.96 Å². The molecule has 2 heteroatoms. The molecule has 3 aromatic rings. The molecule has 1 aromatic heterocycles. The number of benzene rings is 2. The Labute approximate surface area is 155 Å². The van der Waals surface area contributed by atoms with Crippen molar-refractivity contribution in [2.24, 2.45) is 7.05 Å². The Kier molecular flexibility index (Phi) is 4.58. The monoisotopic (exact) mass is 346 g/mol. The van der Waals surface area contributed by atoms with Gasteiger partial charge in [-0.2, -0.15) is 0 Å². The van der Waals surface area contributed by atoms with Crippen LogP contribution in [-0.2, 0) is 7.05 Å². The van der Waals surface area contributed by atoms with E-state index >= 15 is 0 Å². The van der Waals surface area contributed by atoms with Gasteiger partial charge in [0.05, 0.1) is 0 Å². The summed E-state index contributed by atoms with van der Waals surface area (Å²) in [5.74, 6) is 0.330. The first kappa shape index (κ1) is 17.0. The first-order chi connectivity index (χ1) is 12.6. The number of nitrogens with zero attached hydrogens (tertiary/aromatic N) is 1. The molecule has 1 nitrogen and oxygen atoms in total. The van der Waals surface area contributed by atoms with Crippen LogP contribution in [0.1, 0.15) is 42.7 Å². The van der Waals surface area contributed by atoms with E-state index in [0.717, 1.165) is 29.5 Å². The SMILES string of the molecule is Cc1ccccc1-c1ccc(-c2ccc(F)c(C3CCCC3)c2)c[n+]1C. The molecule has 26 heavy (non-hydrogen) atoms. The van der Waals surface area contributed by atoms with Crippen molar-refractivity contribution >= 4 is 0 Å². The first-order valence-corrected chi connectivity index (χ1v) is 9.49. The summed E-state index contributed by atoms with van der Waals surface area (Å²) >= 11 is 0. The minimum Gasteiger partial charge on any atom is -0.207 e. The molecule has 0 bridgehead atoms. The molecule has 1 aliphatic carbocycles. The third kappa shape index (κ3) is 3.16. The third-order valence-corrected chi connectivity index (χ3v) is 5.68. The molecule has 0 unspecified atom stereocenters. The van der Waals surface area contributed by atoms with Crippen LogP contribution in [-0.4, -0.2) is 0 Å². The normalized spacial score (nSPS) is 14.7. The van der Waals surface area contributed by atoms with E-state index in [1.165, 1.54) is 29.7 Å². The van der Waals surface area contributed by atoms with Gasteiger partial charge < -0.3 is 0 Å². The Balaban J connectivity index is 1.72. The van der Waals surface area contributed by atoms with E-state index in [1.54, 1.807) is 6.07 Å². The van der Waals surface area contributed by atoms with E-state index < -0.39 is 0 Å². The second-order valence-corrected chi connectivity index (χ2v) is 7.45. The molecule has 0 amide bonds. The zero-order chi connectivity index (χ0) is 18.1. The molecule has 0 saturated heterocycles. The van der Waals surface area contributed by atoms with E-state index in [-0.39, 0.29) is 5.82 Å². The van der Waals surface area contributed by atoms with Crippen molar-refractivity contribution in [3.05, 3.63) is 77.7 Å². The fourth-order valence-corrected chi connectivity index (χ4v) is 4.19. The summed E-state index contributed by atoms with van der Waals surface area (Å²) in [6, 6.07) is 18.3. The van der Waals surface area contributed by atoms with E-state index in [0.29, 0.717) is 5.92 Å². The third-order valence-electron chi connectivity index (χ3n) is 5.68. The zero-order valence-electron chi connectivity index (χ0n) is 15.5. The summed E-state index contributed by atoms with van der Waals surface area (Å²) in [6.45, 7) is 2.14. The fourth-order valence-electron chi connectivity index (χ4n) is 4.19. The van der Waals surface area contributed by atoms with Crippen molar-refractivity contribution in [2.75, 3.05) is 0 Å². The van der Waals surface area contributed by atoms with Gasteiger partial charge >= 0.3 is 0 Å². The standard InChI is InChI=1S/C24H25FN/c1-17-7-3-6-10-21(17)24-14-12-20(16-26(24)2)19-11-13-23(25)22(15-19)18-8-4-5-9-18/h3,6-7,10-16,18H,4-5,8-9H2,1-2H3/q+1. The first-order valence-electron chi connectivity index (χ1n) is 9.49. The van der Waals surface area contributed by atoms with Crippen LogP contribution in [0.15, 0.2) is 60.8 Å². The lowest BCUT2D eigenvalue weighted by molar-refractivity contribution is -0.659. The Morgan fingerprint density at radius 2 is 1.65 bits per heavy atom. The molecule has 1 heterocycles. The second-order valence-electron chi connectivity index (χ2n) is 7.45. The Morgan fingerprint density at radius 1 is 0.923 bits per heavy atom. The van der Waals surface area contributed by atoms with Crippen LogP contribution in [0.5, 0.6) is 0 Å². The van der Waals surface area contributed by atoms with Crippen molar-refractivity contribution in [1.82, 2.24) is 0 Å². The quantitative estimate of drug-likeness (QED) is 0.516. The van der Waals surface area contributed by atoms with E-state index in [9.17, 15) is 4.39 Å². The molecule has 1 saturated carbocycles. The smallest absolute Gasteiger partial charge is 0.207 e. The summed E-state index contributed by atoms with van der Waals surface area (Å²) in [7, 11) is 2.08. The van der Waals surface area contributed by atoms with Crippen LogP contribution in [0, 0.1) is 12.7 Å². The van der Waals surface area contributed by atoms with E-state index in [1.807, 2.05) is 6.07 Å². The van der Waals surface area contributed by atoms with Crippen molar-refractivity contribution in [2.45, 2.75) is 38.5 Å². The Bertz CT molecular complexity index is 939. The molecule has 0 atom stereocenters. The predicted octanol–water partition coefficient (Wildman–Crippen LogP) is 5.95. The Hall–Kier alpha value is -2.48. The number of pyridine rings is 1. The topological polar surface area (TPSA) is 3.88 Å². The van der Waals surface area contributed by atoms with Gasteiger partial charge in [-0.05, 0) is 66.6 Å². The highest BCUT2D eigenvalue weighted by atomic mass is 19.1. The van der Waals surface area contributed by atoms with Crippen molar-refractivity contribution in [1.29, 1.82) is 0 Å². The van der Waals surface area contributed by atoms with Gasteiger partial charge in [0.25, 0.3) is 0 Å². The molecular formula is C24H25FN+. The van der Waals surface area contributed by atoms with Gasteiger partial charge in [0.15, 0.2) is 6.20 Å². The van der Waals surface area contributed by atoms with Crippen LogP contribution in [0.25, 0.3) is 22.4 Å². The van der Waals surface area contributed by atoms with Crippen LogP contribution in [0.2, 0.25) is 0 Å². The molecule has 0 aliphatic heterocycles. The number of halogens is 1. The average Bonchev–Trinajstić information content (AvgIpc) is 3.17. The number of hydrogen-bond donors (Lipinski definition) is 0. The summed E-state index contributed by atoms with van der Waals surface area (Å²) in [5, 5.41) is 0.